The first kappa shape index (κ1) is 13.6. The van der Waals surface area contributed by atoms with Crippen molar-refractivity contribution < 1.29 is 0 Å². The summed E-state index contributed by atoms with van der Waals surface area (Å²) in [6.45, 7) is 0. The summed E-state index contributed by atoms with van der Waals surface area (Å²) in [5.41, 5.74) is 14.9. The van der Waals surface area contributed by atoms with E-state index in [1.807, 2.05) is 42.5 Å². The molecule has 0 saturated carbocycles. The highest BCUT2D eigenvalue weighted by Crippen LogP contribution is 2.16. The molecule has 0 aliphatic carbocycles. The Morgan fingerprint density at radius 2 is 1.47 bits per heavy atom. The van der Waals surface area contributed by atoms with E-state index in [-0.39, 0.29) is 18.4 Å². The molecule has 0 aliphatic rings. The number of benzene rings is 2. The van der Waals surface area contributed by atoms with Gasteiger partial charge in [-0.2, -0.15) is 0 Å². The maximum atomic E-state index is 6.13. The van der Waals surface area contributed by atoms with Gasteiger partial charge in [-0.05, 0) is 29.7 Å². The Labute approximate surface area is 108 Å². The Bertz CT molecular complexity index is 440. The van der Waals surface area contributed by atoms with Crippen LogP contribution in [0.1, 0.15) is 17.2 Å². The van der Waals surface area contributed by atoms with Crippen molar-refractivity contribution in [1.29, 1.82) is 0 Å². The van der Waals surface area contributed by atoms with Gasteiger partial charge in [0, 0.05) is 11.7 Å². The molecule has 0 aliphatic heterocycles. The average molecular weight is 249 g/mol. The summed E-state index contributed by atoms with van der Waals surface area (Å²) in [5.74, 6) is 0. The summed E-state index contributed by atoms with van der Waals surface area (Å²) in [5, 5.41) is 0. The van der Waals surface area contributed by atoms with Crippen molar-refractivity contribution in [3.8, 4) is 0 Å². The van der Waals surface area contributed by atoms with E-state index >= 15 is 0 Å². The molecule has 1 unspecified atom stereocenters. The van der Waals surface area contributed by atoms with Crippen LogP contribution in [-0.2, 0) is 6.42 Å². The summed E-state index contributed by atoms with van der Waals surface area (Å²) < 4.78 is 0. The molecule has 2 aromatic rings. The molecule has 0 heterocycles. The van der Waals surface area contributed by atoms with Crippen LogP contribution in [0.4, 0.5) is 5.69 Å². The number of hydrogen-bond donors (Lipinski definition) is 2. The molecule has 0 radical (unpaired) electrons. The average Bonchev–Trinajstić information content (AvgIpc) is 2.33. The lowest BCUT2D eigenvalue weighted by Gasteiger charge is -2.12. The van der Waals surface area contributed by atoms with Gasteiger partial charge in [0.25, 0.3) is 0 Å². The Balaban J connectivity index is 0.00000144. The first-order valence-electron chi connectivity index (χ1n) is 5.40. The van der Waals surface area contributed by atoms with Crippen molar-refractivity contribution in [2.24, 2.45) is 5.73 Å². The number of nitrogen functional groups attached to an aromatic ring is 1. The molecular formula is C14H17ClN2. The summed E-state index contributed by atoms with van der Waals surface area (Å²) in [6.07, 6.45) is 0.838. The maximum Gasteiger partial charge on any atom is 0.0335 e. The zero-order valence-electron chi connectivity index (χ0n) is 9.54. The molecule has 0 amide bonds. The van der Waals surface area contributed by atoms with Gasteiger partial charge in [-0.15, -0.1) is 12.4 Å². The van der Waals surface area contributed by atoms with Crippen molar-refractivity contribution in [3.05, 3.63) is 65.7 Å². The largest absolute Gasteiger partial charge is 0.399 e. The summed E-state index contributed by atoms with van der Waals surface area (Å²) >= 11 is 0. The summed E-state index contributed by atoms with van der Waals surface area (Å²) in [4.78, 5) is 0. The molecule has 0 spiro atoms. The van der Waals surface area contributed by atoms with Crippen molar-refractivity contribution >= 4 is 18.1 Å². The number of halogens is 1. The first-order valence-corrected chi connectivity index (χ1v) is 5.40. The fourth-order valence-corrected chi connectivity index (χ4v) is 1.73. The van der Waals surface area contributed by atoms with Crippen molar-refractivity contribution in [1.82, 2.24) is 0 Å². The highest BCUT2D eigenvalue weighted by Gasteiger charge is 2.05. The number of nitrogens with two attached hydrogens (primary N) is 2. The topological polar surface area (TPSA) is 52.0 Å². The molecule has 2 aromatic carbocycles. The van der Waals surface area contributed by atoms with Gasteiger partial charge in [0.05, 0.1) is 0 Å². The van der Waals surface area contributed by atoms with Gasteiger partial charge in [-0.1, -0.05) is 42.5 Å². The predicted molar refractivity (Wildman–Crippen MR) is 75.2 cm³/mol. The van der Waals surface area contributed by atoms with E-state index in [1.165, 1.54) is 11.1 Å². The van der Waals surface area contributed by atoms with Crippen LogP contribution in [-0.4, -0.2) is 0 Å². The Kier molecular flexibility index (Phi) is 5.01. The number of anilines is 1. The lowest BCUT2D eigenvalue weighted by Crippen LogP contribution is -2.13. The SMILES string of the molecule is Cl.Nc1ccc(CC(N)c2ccccc2)cc1. The van der Waals surface area contributed by atoms with E-state index in [4.69, 9.17) is 11.5 Å². The molecule has 0 fully saturated rings. The summed E-state index contributed by atoms with van der Waals surface area (Å²) in [7, 11) is 0. The van der Waals surface area contributed by atoms with Crippen molar-refractivity contribution in [2.45, 2.75) is 12.5 Å². The van der Waals surface area contributed by atoms with Crippen LogP contribution in [0, 0.1) is 0 Å². The number of rotatable bonds is 3. The van der Waals surface area contributed by atoms with Gasteiger partial charge in [0.15, 0.2) is 0 Å². The van der Waals surface area contributed by atoms with Gasteiger partial charge in [-0.25, -0.2) is 0 Å². The first-order chi connectivity index (χ1) is 7.75. The van der Waals surface area contributed by atoms with Gasteiger partial charge in [0.2, 0.25) is 0 Å². The minimum absolute atomic E-state index is 0. The normalized spacial score (nSPS) is 11.6. The second-order valence-corrected chi connectivity index (χ2v) is 3.96. The van der Waals surface area contributed by atoms with Crippen LogP contribution in [0.5, 0.6) is 0 Å². The van der Waals surface area contributed by atoms with Crippen LogP contribution >= 0.6 is 12.4 Å². The second kappa shape index (κ2) is 6.28. The molecule has 90 valence electrons. The lowest BCUT2D eigenvalue weighted by molar-refractivity contribution is 0.722. The molecule has 2 nitrogen and oxygen atoms in total. The molecular weight excluding hydrogens is 232 g/mol. The second-order valence-electron chi connectivity index (χ2n) is 3.96. The highest BCUT2D eigenvalue weighted by molar-refractivity contribution is 5.85. The Hall–Kier alpha value is -1.51. The van der Waals surface area contributed by atoms with Crippen LogP contribution in [0.25, 0.3) is 0 Å². The maximum absolute atomic E-state index is 6.13. The van der Waals surface area contributed by atoms with E-state index in [1.54, 1.807) is 0 Å². The van der Waals surface area contributed by atoms with Crippen LogP contribution in [0.2, 0.25) is 0 Å². The highest BCUT2D eigenvalue weighted by atomic mass is 35.5. The molecule has 1 atom stereocenters. The fourth-order valence-electron chi connectivity index (χ4n) is 1.73. The molecule has 17 heavy (non-hydrogen) atoms. The number of hydrogen-bond acceptors (Lipinski definition) is 2. The minimum atomic E-state index is 0. The molecule has 0 saturated heterocycles. The van der Waals surface area contributed by atoms with Gasteiger partial charge < -0.3 is 11.5 Å². The molecule has 2 rings (SSSR count). The fraction of sp³-hybridized carbons (Fsp3) is 0.143. The van der Waals surface area contributed by atoms with Gasteiger partial charge in [-0.3, -0.25) is 0 Å². The third-order valence-corrected chi connectivity index (χ3v) is 2.66. The molecule has 3 heteroatoms. The van der Waals surface area contributed by atoms with Crippen molar-refractivity contribution in [2.75, 3.05) is 5.73 Å². The zero-order valence-corrected chi connectivity index (χ0v) is 10.4. The Morgan fingerprint density at radius 1 is 0.882 bits per heavy atom. The van der Waals surface area contributed by atoms with E-state index in [0.29, 0.717) is 0 Å². The zero-order chi connectivity index (χ0) is 11.4. The monoisotopic (exact) mass is 248 g/mol. The third-order valence-electron chi connectivity index (χ3n) is 2.66. The quantitative estimate of drug-likeness (QED) is 0.821. The van der Waals surface area contributed by atoms with Crippen molar-refractivity contribution in [3.63, 3.8) is 0 Å². The standard InChI is InChI=1S/C14H16N2.ClH/c15-13-8-6-11(7-9-13)10-14(16)12-4-2-1-3-5-12;/h1-9,14H,10,15-16H2;1H. The van der Waals surface area contributed by atoms with E-state index < -0.39 is 0 Å². The smallest absolute Gasteiger partial charge is 0.0335 e. The van der Waals surface area contributed by atoms with Crippen LogP contribution in [0.3, 0.4) is 0 Å². The molecule has 0 bridgehead atoms. The van der Waals surface area contributed by atoms with E-state index in [2.05, 4.69) is 12.1 Å². The van der Waals surface area contributed by atoms with Crippen LogP contribution < -0.4 is 11.5 Å². The van der Waals surface area contributed by atoms with Gasteiger partial charge in [0.1, 0.15) is 0 Å². The predicted octanol–water partition coefficient (Wildman–Crippen LogP) is 2.93. The summed E-state index contributed by atoms with van der Waals surface area (Å²) in [6, 6.07) is 18.1. The van der Waals surface area contributed by atoms with E-state index in [9.17, 15) is 0 Å². The molecule has 0 aromatic heterocycles. The lowest BCUT2D eigenvalue weighted by atomic mass is 10.00. The Morgan fingerprint density at radius 3 is 2.06 bits per heavy atom. The molecule has 4 N–H and O–H groups in total. The minimum Gasteiger partial charge on any atom is -0.399 e. The van der Waals surface area contributed by atoms with Crippen LogP contribution in [0.15, 0.2) is 54.6 Å². The van der Waals surface area contributed by atoms with E-state index in [0.717, 1.165) is 12.1 Å². The third kappa shape index (κ3) is 3.77. The van der Waals surface area contributed by atoms with Gasteiger partial charge >= 0.3 is 0 Å².